The average Bonchev–Trinajstić information content (AvgIpc) is 2.75. The third-order valence-electron chi connectivity index (χ3n) is 9.12. The molecule has 4 aliphatic carbocycles. The number of carbonyl (C=O) groups is 1. The van der Waals surface area contributed by atoms with Gasteiger partial charge in [0.15, 0.2) is 12.1 Å². The zero-order valence-electron chi connectivity index (χ0n) is 16.6. The van der Waals surface area contributed by atoms with E-state index in [0.717, 1.165) is 0 Å². The molecule has 7 nitrogen and oxygen atoms in total. The lowest BCUT2D eigenvalue weighted by Crippen LogP contribution is -2.87. The Morgan fingerprint density at radius 2 is 1.82 bits per heavy atom. The van der Waals surface area contributed by atoms with Gasteiger partial charge in [-0.1, -0.05) is 20.4 Å². The highest BCUT2D eigenvalue weighted by molar-refractivity contribution is 6.05. The first-order valence-corrected chi connectivity index (χ1v) is 10.2. The molecule has 4 bridgehead atoms. The highest BCUT2D eigenvalue weighted by Crippen LogP contribution is 2.77. The van der Waals surface area contributed by atoms with Crippen LogP contribution in [0.5, 0.6) is 0 Å². The highest BCUT2D eigenvalue weighted by atomic mass is 16.8. The molecule has 6 fully saturated rings. The minimum absolute atomic E-state index is 0.276. The van der Waals surface area contributed by atoms with Gasteiger partial charge in [-0.3, -0.25) is 4.79 Å². The molecule has 0 radical (unpaired) electrons. The molecule has 6 aliphatic rings. The van der Waals surface area contributed by atoms with Gasteiger partial charge in [0.25, 0.3) is 0 Å². The second kappa shape index (κ2) is 5.25. The third-order valence-corrected chi connectivity index (χ3v) is 9.12. The third kappa shape index (κ3) is 1.59. The number of hydrogen-bond acceptors (Lipinski definition) is 7. The molecule has 156 valence electrons. The molecule has 6 rings (SSSR count). The molecule has 10 atom stereocenters. The van der Waals surface area contributed by atoms with Crippen LogP contribution in [0.25, 0.3) is 0 Å². The van der Waals surface area contributed by atoms with Crippen molar-refractivity contribution in [2.24, 2.45) is 34.0 Å². The number of ketones is 1. The molecule has 0 aromatic rings. The Hall–Kier alpha value is -0.830. The summed E-state index contributed by atoms with van der Waals surface area (Å²) < 4.78 is 11.6. The van der Waals surface area contributed by atoms with Gasteiger partial charge in [0, 0.05) is 18.9 Å². The van der Waals surface area contributed by atoms with Gasteiger partial charge in [0.2, 0.25) is 5.79 Å². The Labute approximate surface area is 164 Å². The number of methoxy groups -OCH3 is 1. The minimum atomic E-state index is -2.30. The molecule has 0 amide bonds. The van der Waals surface area contributed by atoms with Crippen LogP contribution in [0, 0.1) is 34.0 Å². The van der Waals surface area contributed by atoms with Crippen LogP contribution >= 0.6 is 0 Å². The lowest BCUT2D eigenvalue weighted by atomic mass is 9.35. The first-order chi connectivity index (χ1) is 13.0. The van der Waals surface area contributed by atoms with E-state index in [1.54, 1.807) is 0 Å². The Morgan fingerprint density at radius 1 is 1.14 bits per heavy atom. The lowest BCUT2D eigenvalue weighted by molar-refractivity contribution is -0.509. The van der Waals surface area contributed by atoms with Crippen molar-refractivity contribution in [3.05, 3.63) is 12.2 Å². The van der Waals surface area contributed by atoms with Crippen LogP contribution in [0.15, 0.2) is 12.2 Å². The van der Waals surface area contributed by atoms with Crippen molar-refractivity contribution in [2.75, 3.05) is 7.11 Å². The smallest absolute Gasteiger partial charge is 0.211 e. The standard InChI is InChI=1S/C21H30O7/c1-9-10-5-6-11-19-12(22)7-8-18(2,3)13(19)16(25)21(26,28-17(19)27-4)20(11,14(9)23)15(10)24/h10-13,15-17,22,24-26H,1,5-8H2,2-4H3/t10-,11-,12-,13+,15+,16-,17?,19-,20-,21+/m0/s1. The summed E-state index contributed by atoms with van der Waals surface area (Å²) >= 11 is 0. The Kier molecular flexibility index (Phi) is 3.59. The largest absolute Gasteiger partial charge is 0.392 e. The van der Waals surface area contributed by atoms with E-state index < -0.39 is 70.2 Å². The van der Waals surface area contributed by atoms with E-state index >= 15 is 0 Å². The number of hydrogen-bond donors (Lipinski definition) is 4. The number of aliphatic hydroxyl groups excluding tert-OH is 3. The Morgan fingerprint density at radius 3 is 2.46 bits per heavy atom. The van der Waals surface area contributed by atoms with E-state index in [9.17, 15) is 25.2 Å². The summed E-state index contributed by atoms with van der Waals surface area (Å²) in [7, 11) is 1.45. The molecule has 2 aliphatic heterocycles. The number of aliphatic hydroxyl groups is 4. The van der Waals surface area contributed by atoms with E-state index in [4.69, 9.17) is 9.47 Å². The average molecular weight is 394 g/mol. The van der Waals surface area contributed by atoms with Crippen molar-refractivity contribution >= 4 is 5.78 Å². The number of carbonyl (C=O) groups excluding carboxylic acids is 1. The molecule has 4 N–H and O–H groups in total. The summed E-state index contributed by atoms with van der Waals surface area (Å²) in [6.45, 7) is 7.91. The fraction of sp³-hybridized carbons (Fsp3) is 0.857. The Bertz CT molecular complexity index is 764. The predicted octanol–water partition coefficient (Wildman–Crippen LogP) is 0.348. The lowest BCUT2D eigenvalue weighted by Gasteiger charge is -2.76. The summed E-state index contributed by atoms with van der Waals surface area (Å²) in [5.41, 5.74) is -2.98. The van der Waals surface area contributed by atoms with Crippen LogP contribution in [0.4, 0.5) is 0 Å². The molecule has 0 aromatic carbocycles. The number of rotatable bonds is 1. The summed E-state index contributed by atoms with van der Waals surface area (Å²) in [6.07, 6.45) is -2.32. The van der Waals surface area contributed by atoms with Crippen molar-refractivity contribution in [2.45, 2.75) is 69.9 Å². The highest BCUT2D eigenvalue weighted by Gasteiger charge is 2.89. The maximum absolute atomic E-state index is 13.5. The maximum atomic E-state index is 13.5. The minimum Gasteiger partial charge on any atom is -0.392 e. The number of Topliss-reactive ketones (excluding diaryl/α,β-unsaturated/α-hetero) is 1. The van der Waals surface area contributed by atoms with Crippen molar-refractivity contribution in [1.82, 2.24) is 0 Å². The summed E-state index contributed by atoms with van der Waals surface area (Å²) in [6, 6.07) is 0. The van der Waals surface area contributed by atoms with Crippen LogP contribution in [0.1, 0.15) is 39.5 Å². The van der Waals surface area contributed by atoms with E-state index in [-0.39, 0.29) is 5.57 Å². The summed E-state index contributed by atoms with van der Waals surface area (Å²) in [4.78, 5) is 13.5. The predicted molar refractivity (Wildman–Crippen MR) is 96.6 cm³/mol. The molecule has 2 heterocycles. The van der Waals surface area contributed by atoms with Gasteiger partial charge in [0.1, 0.15) is 11.5 Å². The molecule has 0 aromatic heterocycles. The van der Waals surface area contributed by atoms with E-state index in [2.05, 4.69) is 6.58 Å². The quantitative estimate of drug-likeness (QED) is 0.474. The van der Waals surface area contributed by atoms with Gasteiger partial charge in [-0.05, 0) is 42.6 Å². The number of ether oxygens (including phenoxy) is 2. The van der Waals surface area contributed by atoms with E-state index in [1.807, 2.05) is 13.8 Å². The second-order valence-electron chi connectivity index (χ2n) is 10.3. The first-order valence-electron chi connectivity index (χ1n) is 10.2. The van der Waals surface area contributed by atoms with Gasteiger partial charge in [-0.15, -0.1) is 0 Å². The Balaban J connectivity index is 1.85. The maximum Gasteiger partial charge on any atom is 0.211 e. The molecule has 1 unspecified atom stereocenters. The van der Waals surface area contributed by atoms with Crippen LogP contribution in [0.2, 0.25) is 0 Å². The van der Waals surface area contributed by atoms with Crippen LogP contribution in [0.3, 0.4) is 0 Å². The molecular formula is C21H30O7. The van der Waals surface area contributed by atoms with Crippen LogP contribution < -0.4 is 0 Å². The van der Waals surface area contributed by atoms with E-state index in [1.165, 1.54) is 7.11 Å². The summed E-state index contributed by atoms with van der Waals surface area (Å²) in [5.74, 6) is -4.34. The first kappa shape index (κ1) is 19.2. The monoisotopic (exact) mass is 394 g/mol. The van der Waals surface area contributed by atoms with Gasteiger partial charge < -0.3 is 29.9 Å². The van der Waals surface area contributed by atoms with Gasteiger partial charge in [-0.2, -0.15) is 0 Å². The van der Waals surface area contributed by atoms with E-state index in [0.29, 0.717) is 25.7 Å². The van der Waals surface area contributed by atoms with Crippen molar-refractivity contribution in [3.8, 4) is 0 Å². The topological polar surface area (TPSA) is 116 Å². The molecular weight excluding hydrogens is 364 g/mol. The molecule has 28 heavy (non-hydrogen) atoms. The summed E-state index contributed by atoms with van der Waals surface area (Å²) in [5, 5.41) is 45.9. The van der Waals surface area contributed by atoms with Crippen molar-refractivity contribution < 1.29 is 34.7 Å². The van der Waals surface area contributed by atoms with Crippen LogP contribution in [-0.4, -0.2) is 63.7 Å². The normalized spacial score (nSPS) is 59.2. The molecule has 4 saturated carbocycles. The zero-order valence-corrected chi connectivity index (χ0v) is 16.6. The van der Waals surface area contributed by atoms with Crippen molar-refractivity contribution in [3.63, 3.8) is 0 Å². The van der Waals surface area contributed by atoms with Crippen LogP contribution in [-0.2, 0) is 14.3 Å². The second-order valence-corrected chi connectivity index (χ2v) is 10.3. The SMILES string of the molecule is C=C1C(=O)[C@]23[C@H](O)[C@H]1CC[C@H]2[C@@]12C(OC)O[C@]3(O)[C@@H](O)[C@@H]1C(C)(C)CC[C@@H]2O. The molecule has 2 saturated heterocycles. The fourth-order valence-electron chi connectivity index (χ4n) is 8.19. The van der Waals surface area contributed by atoms with Gasteiger partial charge in [-0.25, -0.2) is 0 Å². The molecule has 7 heteroatoms. The number of fused-ring (bicyclic) bond motifs is 2. The fourth-order valence-corrected chi connectivity index (χ4v) is 8.19. The zero-order chi connectivity index (χ0) is 20.4. The van der Waals surface area contributed by atoms with Crippen molar-refractivity contribution in [1.29, 1.82) is 0 Å². The van der Waals surface area contributed by atoms with Gasteiger partial charge >= 0.3 is 0 Å². The molecule has 2 spiro atoms. The van der Waals surface area contributed by atoms with Gasteiger partial charge in [0.05, 0.1) is 17.6 Å².